The fourth-order valence-electron chi connectivity index (χ4n) is 6.25. The number of ether oxygens (including phenoxy) is 2. The van der Waals surface area contributed by atoms with Crippen LogP contribution in [0, 0.1) is 0 Å². The summed E-state index contributed by atoms with van der Waals surface area (Å²) in [5.41, 5.74) is 0. The Balaban J connectivity index is 4.27. The second-order valence-corrected chi connectivity index (χ2v) is 18.3. The number of carbonyl (C=O) groups excluding carboxylic acids is 1. The van der Waals surface area contributed by atoms with Crippen molar-refractivity contribution in [3.05, 3.63) is 48.8 Å². The maximum Gasteiger partial charge on any atom is 0.472 e. The van der Waals surface area contributed by atoms with Gasteiger partial charge in [-0.1, -0.05) is 153 Å². The molecule has 0 rings (SSSR count). The van der Waals surface area contributed by atoms with E-state index in [9.17, 15) is 14.3 Å². The number of phosphoric ester groups is 1. The first-order valence-electron chi connectivity index (χ1n) is 23.4. The Hall–Kier alpha value is -1.70. The number of esters is 1. The van der Waals surface area contributed by atoms with Crippen molar-refractivity contribution in [3.63, 3.8) is 0 Å². The Kier molecular flexibility index (Phi) is 39.8. The van der Waals surface area contributed by atoms with Gasteiger partial charge in [0.25, 0.3) is 0 Å². The molecule has 0 bridgehead atoms. The Morgan fingerprint density at radius 3 is 1.49 bits per heavy atom. The number of allylic oxidation sites excluding steroid dienone is 7. The molecule has 0 saturated carbocycles. The molecule has 9 heteroatoms. The molecule has 1 N–H and O–H groups in total. The van der Waals surface area contributed by atoms with Gasteiger partial charge in [0.05, 0.1) is 34.0 Å². The number of unbranched alkanes of at least 4 members (excludes halogenated alkanes) is 23. The molecule has 0 aliphatic rings. The molecule has 0 saturated heterocycles. The number of hydrogen-bond acceptors (Lipinski definition) is 6. The van der Waals surface area contributed by atoms with E-state index in [0.717, 1.165) is 44.9 Å². The van der Waals surface area contributed by atoms with E-state index in [2.05, 4.69) is 50.3 Å². The summed E-state index contributed by atoms with van der Waals surface area (Å²) in [5, 5.41) is 0. The van der Waals surface area contributed by atoms with Gasteiger partial charge in [-0.3, -0.25) is 13.8 Å². The normalized spacial score (nSPS) is 14.1. The molecule has 0 aliphatic heterocycles. The van der Waals surface area contributed by atoms with E-state index < -0.39 is 13.9 Å². The lowest BCUT2D eigenvalue weighted by Crippen LogP contribution is -2.37. The Morgan fingerprint density at radius 2 is 0.982 bits per heavy atom. The highest BCUT2D eigenvalue weighted by atomic mass is 31.2. The SMILES string of the molecule is CCCCC/C=C\C/C=C\CCCCCCCCCCCC(=O)O[C@H](CO/C=C\CCCCCC/C=C\CCCCCCCC)COP(=O)(O)OCC[N+](C)(C)C. The smallest absolute Gasteiger partial charge is 0.472 e. The van der Waals surface area contributed by atoms with Crippen LogP contribution in [0.25, 0.3) is 0 Å². The van der Waals surface area contributed by atoms with Gasteiger partial charge in [-0.15, -0.1) is 0 Å². The third kappa shape index (κ3) is 45.2. The van der Waals surface area contributed by atoms with E-state index >= 15 is 0 Å². The Morgan fingerprint density at radius 1 is 0.561 bits per heavy atom. The van der Waals surface area contributed by atoms with E-state index in [1.54, 1.807) is 6.26 Å². The van der Waals surface area contributed by atoms with E-state index in [-0.39, 0.29) is 25.8 Å². The van der Waals surface area contributed by atoms with E-state index in [4.69, 9.17) is 18.5 Å². The van der Waals surface area contributed by atoms with Gasteiger partial charge in [0.1, 0.15) is 19.8 Å². The summed E-state index contributed by atoms with van der Waals surface area (Å²) in [7, 11) is 1.63. The number of likely N-dealkylation sites (N-methyl/N-ethyl adjacent to an activating group) is 1. The van der Waals surface area contributed by atoms with Gasteiger partial charge in [-0.25, -0.2) is 4.57 Å². The van der Waals surface area contributed by atoms with E-state index in [1.165, 1.54) is 135 Å². The summed E-state index contributed by atoms with van der Waals surface area (Å²) in [6.45, 7) is 4.89. The minimum Gasteiger partial charge on any atom is -0.498 e. The van der Waals surface area contributed by atoms with Gasteiger partial charge in [0, 0.05) is 6.42 Å². The highest BCUT2D eigenvalue weighted by Gasteiger charge is 2.26. The van der Waals surface area contributed by atoms with Crippen LogP contribution in [0.4, 0.5) is 0 Å². The third-order valence-electron chi connectivity index (χ3n) is 9.93. The van der Waals surface area contributed by atoms with Crippen LogP contribution in [-0.4, -0.2) is 69.0 Å². The van der Waals surface area contributed by atoms with Crippen molar-refractivity contribution in [3.8, 4) is 0 Å². The zero-order valence-corrected chi connectivity index (χ0v) is 38.7. The zero-order valence-electron chi connectivity index (χ0n) is 37.8. The van der Waals surface area contributed by atoms with Gasteiger partial charge in [-0.05, 0) is 83.1 Å². The maximum absolute atomic E-state index is 12.7. The monoisotopic (exact) mass is 825 g/mol. The first-order valence-corrected chi connectivity index (χ1v) is 24.9. The second-order valence-electron chi connectivity index (χ2n) is 16.8. The quantitative estimate of drug-likeness (QED) is 0.0163. The summed E-state index contributed by atoms with van der Waals surface area (Å²) in [5.74, 6) is -0.343. The van der Waals surface area contributed by atoms with Crippen molar-refractivity contribution >= 4 is 13.8 Å². The lowest BCUT2D eigenvalue weighted by Gasteiger charge is -2.24. The van der Waals surface area contributed by atoms with Gasteiger partial charge in [0.15, 0.2) is 6.10 Å². The molecule has 57 heavy (non-hydrogen) atoms. The summed E-state index contributed by atoms with van der Waals surface area (Å²) in [6.07, 6.45) is 50.9. The summed E-state index contributed by atoms with van der Waals surface area (Å²) < 4.78 is 34.8. The van der Waals surface area contributed by atoms with Crippen LogP contribution < -0.4 is 0 Å². The average molecular weight is 825 g/mol. The summed E-state index contributed by atoms with van der Waals surface area (Å²) in [4.78, 5) is 22.9. The minimum atomic E-state index is -4.30. The minimum absolute atomic E-state index is 0.0407. The Labute approximate surface area is 352 Å². The molecule has 0 aliphatic carbocycles. The lowest BCUT2D eigenvalue weighted by molar-refractivity contribution is -0.870. The molecular weight excluding hydrogens is 734 g/mol. The number of rotatable bonds is 43. The van der Waals surface area contributed by atoms with Crippen LogP contribution in [0.3, 0.4) is 0 Å². The lowest BCUT2D eigenvalue weighted by atomic mass is 10.1. The predicted molar refractivity (Wildman–Crippen MR) is 242 cm³/mol. The molecule has 0 heterocycles. The number of hydrogen-bond donors (Lipinski definition) is 1. The summed E-state index contributed by atoms with van der Waals surface area (Å²) >= 11 is 0. The third-order valence-corrected chi connectivity index (χ3v) is 10.9. The number of quaternary nitrogens is 1. The number of carbonyl (C=O) groups is 1. The van der Waals surface area contributed by atoms with Crippen LogP contribution in [0.15, 0.2) is 48.8 Å². The van der Waals surface area contributed by atoms with Crippen molar-refractivity contribution in [1.82, 2.24) is 0 Å². The highest BCUT2D eigenvalue weighted by molar-refractivity contribution is 7.47. The molecule has 8 nitrogen and oxygen atoms in total. The molecular formula is C48H91NO7P+. The largest absolute Gasteiger partial charge is 0.498 e. The molecule has 0 radical (unpaired) electrons. The molecule has 0 aromatic rings. The molecule has 2 atom stereocenters. The standard InChI is InChI=1S/C48H90NO7P/c1-6-8-10-12-14-16-18-20-22-24-25-26-27-29-31-33-35-37-39-41-48(50)56-47(46-55-57(51,52)54-44-42-49(3,4)5)45-53-43-40-38-36-34-32-30-28-23-21-19-17-15-13-11-9-7-2/h14,16,20-23,40,43,47H,6-13,15,17-19,24-39,41-42,44-46H2,1-5H3/p+1/b16-14-,22-20-,23-21-,43-40-/t47-/m1/s1. The van der Waals surface area contributed by atoms with Crippen molar-refractivity contribution in [2.45, 2.75) is 206 Å². The first-order chi connectivity index (χ1) is 27.6. The fraction of sp³-hybridized carbons (Fsp3) is 0.812. The topological polar surface area (TPSA) is 91.3 Å². The van der Waals surface area contributed by atoms with Crippen LogP contribution in [0.2, 0.25) is 0 Å². The molecule has 334 valence electrons. The molecule has 0 amide bonds. The summed E-state index contributed by atoms with van der Waals surface area (Å²) in [6, 6.07) is 0. The second kappa shape index (κ2) is 41.1. The number of nitrogens with zero attached hydrogens (tertiary/aromatic N) is 1. The molecule has 0 aromatic carbocycles. The molecule has 0 fully saturated rings. The average Bonchev–Trinajstić information content (AvgIpc) is 3.16. The fourth-order valence-corrected chi connectivity index (χ4v) is 6.99. The first kappa shape index (κ1) is 55.3. The van der Waals surface area contributed by atoms with Crippen molar-refractivity contribution < 1.29 is 37.3 Å². The van der Waals surface area contributed by atoms with Gasteiger partial charge >= 0.3 is 13.8 Å². The number of phosphoric acid groups is 1. The van der Waals surface area contributed by atoms with Crippen LogP contribution in [0.1, 0.15) is 200 Å². The van der Waals surface area contributed by atoms with Crippen molar-refractivity contribution in [1.29, 1.82) is 0 Å². The predicted octanol–water partition coefficient (Wildman–Crippen LogP) is 14.3. The molecule has 0 spiro atoms. The van der Waals surface area contributed by atoms with E-state index in [0.29, 0.717) is 17.4 Å². The molecule has 0 aromatic heterocycles. The Bertz CT molecular complexity index is 1050. The van der Waals surface area contributed by atoms with E-state index in [1.807, 2.05) is 27.2 Å². The van der Waals surface area contributed by atoms with Gasteiger partial charge < -0.3 is 18.9 Å². The van der Waals surface area contributed by atoms with Crippen molar-refractivity contribution in [2.24, 2.45) is 0 Å². The van der Waals surface area contributed by atoms with Gasteiger partial charge in [-0.2, -0.15) is 0 Å². The van der Waals surface area contributed by atoms with Crippen LogP contribution in [0.5, 0.6) is 0 Å². The zero-order chi connectivity index (χ0) is 42.0. The highest BCUT2D eigenvalue weighted by Crippen LogP contribution is 2.43. The maximum atomic E-state index is 12.7. The van der Waals surface area contributed by atoms with Gasteiger partial charge in [0.2, 0.25) is 0 Å². The van der Waals surface area contributed by atoms with Crippen LogP contribution in [-0.2, 0) is 27.9 Å². The molecule has 1 unspecified atom stereocenters. The van der Waals surface area contributed by atoms with Crippen molar-refractivity contribution in [2.75, 3.05) is 47.5 Å². The van der Waals surface area contributed by atoms with Crippen LogP contribution >= 0.6 is 7.82 Å².